The van der Waals surface area contributed by atoms with Crippen molar-refractivity contribution in [2.24, 2.45) is 4.99 Å². The lowest BCUT2D eigenvalue weighted by Crippen LogP contribution is -1.96. The minimum Gasteiger partial charge on any atom is -0.314 e. The van der Waals surface area contributed by atoms with Crippen LogP contribution < -0.4 is 0 Å². The maximum absolute atomic E-state index is 4.34. The summed E-state index contributed by atoms with van der Waals surface area (Å²) in [7, 11) is 1.84. The van der Waals surface area contributed by atoms with Crippen LogP contribution >= 0.6 is 0 Å². The van der Waals surface area contributed by atoms with E-state index in [9.17, 15) is 0 Å². The zero-order valence-electron chi connectivity index (χ0n) is 7.94. The van der Waals surface area contributed by atoms with E-state index in [4.69, 9.17) is 0 Å². The molecule has 0 aliphatic carbocycles. The van der Waals surface area contributed by atoms with Gasteiger partial charge < -0.3 is 4.57 Å². The topological polar surface area (TPSA) is 17.3 Å². The predicted octanol–water partition coefficient (Wildman–Crippen LogP) is 2.26. The molecule has 0 radical (unpaired) electrons. The van der Waals surface area contributed by atoms with E-state index in [1.165, 1.54) is 16.9 Å². The molecule has 2 heterocycles. The Bertz CT molecular complexity index is 521. The highest BCUT2D eigenvalue weighted by molar-refractivity contribution is 6.17. The van der Waals surface area contributed by atoms with E-state index in [0.29, 0.717) is 0 Å². The van der Waals surface area contributed by atoms with E-state index in [1.807, 2.05) is 7.05 Å². The van der Waals surface area contributed by atoms with Crippen LogP contribution in [0.15, 0.2) is 47.6 Å². The first-order chi connectivity index (χ1) is 6.92. The van der Waals surface area contributed by atoms with Gasteiger partial charge >= 0.3 is 0 Å². The first kappa shape index (κ1) is 7.56. The fraction of sp³-hybridized carbons (Fsp3) is 0.0833. The number of para-hydroxylation sites is 1. The molecule has 0 N–H and O–H groups in total. The van der Waals surface area contributed by atoms with E-state index in [0.717, 1.165) is 5.71 Å². The van der Waals surface area contributed by atoms with E-state index < -0.39 is 0 Å². The molecule has 1 aliphatic rings. The van der Waals surface area contributed by atoms with Crippen molar-refractivity contribution in [3.05, 3.63) is 53.9 Å². The Kier molecular flexibility index (Phi) is 1.39. The fourth-order valence-corrected chi connectivity index (χ4v) is 2.04. The number of hydrogen-bond donors (Lipinski definition) is 0. The van der Waals surface area contributed by atoms with Crippen LogP contribution in [0.1, 0.15) is 11.3 Å². The fourth-order valence-electron chi connectivity index (χ4n) is 2.04. The van der Waals surface area contributed by atoms with Crippen molar-refractivity contribution in [3.8, 4) is 5.69 Å². The molecule has 1 aromatic carbocycles. The smallest absolute Gasteiger partial charge is 0.0904 e. The summed E-state index contributed by atoms with van der Waals surface area (Å²) in [6, 6.07) is 12.5. The molecule has 0 saturated heterocycles. The number of aliphatic imine (C=N–C) groups is 1. The first-order valence-electron chi connectivity index (χ1n) is 4.66. The minimum absolute atomic E-state index is 1.09. The average Bonchev–Trinajstić information content (AvgIpc) is 2.77. The van der Waals surface area contributed by atoms with E-state index in [2.05, 4.69) is 52.2 Å². The third-order valence-electron chi connectivity index (χ3n) is 2.63. The van der Waals surface area contributed by atoms with Crippen LogP contribution in [0.4, 0.5) is 0 Å². The van der Waals surface area contributed by atoms with Gasteiger partial charge in [0, 0.05) is 18.8 Å². The molecule has 2 nitrogen and oxygen atoms in total. The standard InChI is InChI=1S/C12H10N2/c1-13-12-9-5-2-3-6-10(9)14-8-4-7-11(12)14/h2-8H,1H3. The van der Waals surface area contributed by atoms with E-state index >= 15 is 0 Å². The second kappa shape index (κ2) is 2.58. The number of hydrogen-bond acceptors (Lipinski definition) is 1. The van der Waals surface area contributed by atoms with E-state index in [-0.39, 0.29) is 0 Å². The SMILES string of the molecule is CN=C1c2ccccc2-n2cccc21. The van der Waals surface area contributed by atoms with Gasteiger partial charge in [-0.2, -0.15) is 0 Å². The highest BCUT2D eigenvalue weighted by Crippen LogP contribution is 2.27. The average molecular weight is 182 g/mol. The second-order valence-corrected chi connectivity index (χ2v) is 3.35. The summed E-state index contributed by atoms with van der Waals surface area (Å²) in [5, 5.41) is 0. The second-order valence-electron chi connectivity index (χ2n) is 3.35. The molecule has 0 fully saturated rings. The van der Waals surface area contributed by atoms with Crippen LogP contribution in [0.5, 0.6) is 0 Å². The normalized spacial score (nSPS) is 15.6. The zero-order chi connectivity index (χ0) is 9.54. The third kappa shape index (κ3) is 0.777. The number of fused-ring (bicyclic) bond motifs is 3. The Morgan fingerprint density at radius 3 is 2.79 bits per heavy atom. The number of rotatable bonds is 0. The molecule has 14 heavy (non-hydrogen) atoms. The van der Waals surface area contributed by atoms with Gasteiger partial charge in [0.1, 0.15) is 0 Å². The zero-order valence-corrected chi connectivity index (χ0v) is 7.94. The van der Waals surface area contributed by atoms with Gasteiger partial charge in [0.15, 0.2) is 0 Å². The molecule has 3 rings (SSSR count). The molecule has 0 spiro atoms. The Labute approximate surface area is 82.5 Å². The van der Waals surface area contributed by atoms with Gasteiger partial charge in [0.25, 0.3) is 0 Å². The summed E-state index contributed by atoms with van der Waals surface area (Å²) in [5.41, 5.74) is 4.73. The Morgan fingerprint density at radius 2 is 1.93 bits per heavy atom. The molecular formula is C12H10N2. The van der Waals surface area contributed by atoms with Gasteiger partial charge in [0.05, 0.1) is 17.1 Å². The van der Waals surface area contributed by atoms with Crippen molar-refractivity contribution in [2.45, 2.75) is 0 Å². The lowest BCUT2D eigenvalue weighted by molar-refractivity contribution is 1.09. The van der Waals surface area contributed by atoms with E-state index in [1.54, 1.807) is 0 Å². The summed E-state index contributed by atoms with van der Waals surface area (Å²) in [6.07, 6.45) is 2.08. The minimum atomic E-state index is 1.09. The van der Waals surface area contributed by atoms with Crippen molar-refractivity contribution in [2.75, 3.05) is 7.05 Å². The molecule has 68 valence electrons. The molecule has 0 unspecified atom stereocenters. The van der Waals surface area contributed by atoms with Crippen LogP contribution in [0.25, 0.3) is 5.69 Å². The van der Waals surface area contributed by atoms with Gasteiger partial charge in [-0.1, -0.05) is 18.2 Å². The van der Waals surface area contributed by atoms with Crippen molar-refractivity contribution >= 4 is 5.71 Å². The van der Waals surface area contributed by atoms with Crippen LogP contribution in [-0.4, -0.2) is 17.3 Å². The Hall–Kier alpha value is -1.83. The lowest BCUT2D eigenvalue weighted by atomic mass is 10.1. The lowest BCUT2D eigenvalue weighted by Gasteiger charge is -1.98. The molecular weight excluding hydrogens is 172 g/mol. The number of benzene rings is 1. The van der Waals surface area contributed by atoms with Crippen LogP contribution in [-0.2, 0) is 0 Å². The summed E-state index contributed by atoms with van der Waals surface area (Å²) in [6.45, 7) is 0. The first-order valence-corrected chi connectivity index (χ1v) is 4.66. The monoisotopic (exact) mass is 182 g/mol. The quantitative estimate of drug-likeness (QED) is 0.507. The van der Waals surface area contributed by atoms with Crippen LogP contribution in [0, 0.1) is 0 Å². The summed E-state index contributed by atoms with van der Waals surface area (Å²) < 4.78 is 2.18. The highest BCUT2D eigenvalue weighted by Gasteiger charge is 2.22. The molecule has 1 aromatic heterocycles. The van der Waals surface area contributed by atoms with Gasteiger partial charge in [0.2, 0.25) is 0 Å². The molecule has 2 heteroatoms. The summed E-state index contributed by atoms with van der Waals surface area (Å²) in [5.74, 6) is 0. The van der Waals surface area contributed by atoms with Crippen molar-refractivity contribution in [1.82, 2.24) is 4.57 Å². The third-order valence-corrected chi connectivity index (χ3v) is 2.63. The Morgan fingerprint density at radius 1 is 1.07 bits per heavy atom. The van der Waals surface area contributed by atoms with Crippen LogP contribution in [0.2, 0.25) is 0 Å². The molecule has 0 amide bonds. The maximum Gasteiger partial charge on any atom is 0.0904 e. The number of nitrogens with zero attached hydrogens (tertiary/aromatic N) is 2. The molecule has 1 aliphatic heterocycles. The van der Waals surface area contributed by atoms with Crippen molar-refractivity contribution in [3.63, 3.8) is 0 Å². The largest absolute Gasteiger partial charge is 0.314 e. The maximum atomic E-state index is 4.34. The van der Waals surface area contributed by atoms with Gasteiger partial charge in [-0.15, -0.1) is 0 Å². The van der Waals surface area contributed by atoms with Crippen LogP contribution in [0.3, 0.4) is 0 Å². The number of aromatic nitrogens is 1. The molecule has 0 atom stereocenters. The van der Waals surface area contributed by atoms with Crippen molar-refractivity contribution < 1.29 is 0 Å². The molecule has 0 bridgehead atoms. The van der Waals surface area contributed by atoms with Crippen molar-refractivity contribution in [1.29, 1.82) is 0 Å². The van der Waals surface area contributed by atoms with Gasteiger partial charge in [-0.25, -0.2) is 0 Å². The van der Waals surface area contributed by atoms with Gasteiger partial charge in [-0.3, -0.25) is 4.99 Å². The predicted molar refractivity (Wildman–Crippen MR) is 57.3 cm³/mol. The Balaban J connectivity index is 2.42. The van der Waals surface area contributed by atoms with Gasteiger partial charge in [-0.05, 0) is 18.2 Å². The highest BCUT2D eigenvalue weighted by atomic mass is 15.0. The molecule has 2 aromatic rings. The molecule has 0 saturated carbocycles. The summed E-state index contributed by atoms with van der Waals surface area (Å²) in [4.78, 5) is 4.34. The summed E-state index contributed by atoms with van der Waals surface area (Å²) >= 11 is 0.